The summed E-state index contributed by atoms with van der Waals surface area (Å²) in [4.78, 5) is 14.3. The predicted molar refractivity (Wildman–Crippen MR) is 50.7 cm³/mol. The highest BCUT2D eigenvalue weighted by Crippen LogP contribution is 2.11. The first kappa shape index (κ1) is 9.84. The number of esters is 1. The van der Waals surface area contributed by atoms with Crippen molar-refractivity contribution in [2.75, 3.05) is 0 Å². The van der Waals surface area contributed by atoms with Crippen LogP contribution in [0.5, 0.6) is 0 Å². The van der Waals surface area contributed by atoms with E-state index < -0.39 is 5.60 Å². The summed E-state index contributed by atoms with van der Waals surface area (Å²) in [5, 5.41) is 0. The molecule has 1 aromatic heterocycles. The van der Waals surface area contributed by atoms with E-state index in [4.69, 9.17) is 4.74 Å². The lowest BCUT2D eigenvalue weighted by atomic mass is 10.2. The van der Waals surface area contributed by atoms with Crippen LogP contribution in [0.25, 0.3) is 0 Å². The van der Waals surface area contributed by atoms with Crippen molar-refractivity contribution in [3.8, 4) is 0 Å². The molecule has 0 saturated heterocycles. The van der Waals surface area contributed by atoms with Crippen molar-refractivity contribution < 1.29 is 9.53 Å². The van der Waals surface area contributed by atoms with Gasteiger partial charge in [-0.3, -0.25) is 0 Å². The molecule has 0 aliphatic carbocycles. The summed E-state index contributed by atoms with van der Waals surface area (Å²) >= 11 is 0. The number of carbonyl (C=O) groups excluding carboxylic acids is 1. The smallest absolute Gasteiger partial charge is 0.355 e. The van der Waals surface area contributed by atoms with Crippen LogP contribution in [0.1, 0.15) is 37.0 Å². The molecule has 0 amide bonds. The number of hydrogen-bond acceptors (Lipinski definition) is 2. The van der Waals surface area contributed by atoms with E-state index in [2.05, 4.69) is 4.98 Å². The van der Waals surface area contributed by atoms with Gasteiger partial charge in [-0.25, -0.2) is 4.79 Å². The molecule has 13 heavy (non-hydrogen) atoms. The van der Waals surface area contributed by atoms with E-state index in [1.807, 2.05) is 33.8 Å². The van der Waals surface area contributed by atoms with Crippen LogP contribution < -0.4 is 0 Å². The lowest BCUT2D eigenvalue weighted by Crippen LogP contribution is -2.24. The summed E-state index contributed by atoms with van der Waals surface area (Å²) < 4.78 is 5.17. The zero-order valence-corrected chi connectivity index (χ0v) is 8.47. The van der Waals surface area contributed by atoms with Crippen molar-refractivity contribution in [1.82, 2.24) is 4.98 Å². The second kappa shape index (κ2) is 3.24. The molecule has 0 radical (unpaired) electrons. The van der Waals surface area contributed by atoms with Crippen LogP contribution in [0.2, 0.25) is 0 Å². The first-order valence-electron chi connectivity index (χ1n) is 4.27. The van der Waals surface area contributed by atoms with Crippen LogP contribution in [0, 0.1) is 6.92 Å². The Bertz CT molecular complexity index is 307. The third kappa shape index (κ3) is 2.93. The molecule has 1 aromatic rings. The molecular weight excluding hydrogens is 166 g/mol. The zero-order chi connectivity index (χ0) is 10.1. The molecule has 0 aliphatic rings. The molecule has 0 saturated carbocycles. The summed E-state index contributed by atoms with van der Waals surface area (Å²) in [6.07, 6.45) is 0. The van der Waals surface area contributed by atoms with Gasteiger partial charge in [-0.1, -0.05) is 0 Å². The molecule has 3 heteroatoms. The van der Waals surface area contributed by atoms with E-state index in [1.54, 1.807) is 6.07 Å². The van der Waals surface area contributed by atoms with Crippen molar-refractivity contribution in [2.24, 2.45) is 0 Å². The molecular formula is C10H15NO2. The van der Waals surface area contributed by atoms with Gasteiger partial charge in [0.15, 0.2) is 0 Å². The fourth-order valence-corrected chi connectivity index (χ4v) is 0.956. The van der Waals surface area contributed by atoms with Crippen LogP contribution in [-0.4, -0.2) is 16.6 Å². The summed E-state index contributed by atoms with van der Waals surface area (Å²) in [6, 6.07) is 3.57. The minimum absolute atomic E-state index is 0.305. The van der Waals surface area contributed by atoms with Crippen LogP contribution in [0.3, 0.4) is 0 Å². The molecule has 0 unspecified atom stereocenters. The van der Waals surface area contributed by atoms with Gasteiger partial charge in [-0.15, -0.1) is 0 Å². The highest BCUT2D eigenvalue weighted by atomic mass is 16.6. The van der Waals surface area contributed by atoms with E-state index in [0.717, 1.165) is 5.69 Å². The lowest BCUT2D eigenvalue weighted by Gasteiger charge is -2.18. The highest BCUT2D eigenvalue weighted by Gasteiger charge is 2.18. The fraction of sp³-hybridized carbons (Fsp3) is 0.500. The number of aromatic amines is 1. The minimum atomic E-state index is -0.434. The van der Waals surface area contributed by atoms with Crippen LogP contribution in [-0.2, 0) is 4.74 Å². The SMILES string of the molecule is Cc1ccc(C(=O)OC(C)(C)C)[nH]1. The maximum atomic E-state index is 11.4. The summed E-state index contributed by atoms with van der Waals surface area (Å²) in [5.74, 6) is -0.305. The van der Waals surface area contributed by atoms with Gasteiger partial charge in [-0.2, -0.15) is 0 Å². The number of aryl methyl sites for hydroxylation is 1. The number of rotatable bonds is 1. The fourth-order valence-electron chi connectivity index (χ4n) is 0.956. The summed E-state index contributed by atoms with van der Waals surface area (Å²) in [7, 11) is 0. The maximum absolute atomic E-state index is 11.4. The van der Waals surface area contributed by atoms with Gasteiger partial charge < -0.3 is 9.72 Å². The van der Waals surface area contributed by atoms with Crippen molar-refractivity contribution in [3.05, 3.63) is 23.5 Å². The standard InChI is InChI=1S/C10H15NO2/c1-7-5-6-8(11-7)9(12)13-10(2,3)4/h5-6,11H,1-4H3. The highest BCUT2D eigenvalue weighted by molar-refractivity contribution is 5.87. The molecule has 0 bridgehead atoms. The maximum Gasteiger partial charge on any atom is 0.355 e. The molecule has 0 aromatic carbocycles. The van der Waals surface area contributed by atoms with E-state index >= 15 is 0 Å². The molecule has 0 atom stereocenters. The molecule has 0 aliphatic heterocycles. The minimum Gasteiger partial charge on any atom is -0.455 e. The second-order valence-electron chi connectivity index (χ2n) is 4.06. The van der Waals surface area contributed by atoms with Crippen LogP contribution in [0.15, 0.2) is 12.1 Å². The van der Waals surface area contributed by atoms with Crippen LogP contribution >= 0.6 is 0 Å². The molecule has 0 fully saturated rings. The number of hydrogen-bond donors (Lipinski definition) is 1. The van der Waals surface area contributed by atoms with Crippen molar-refractivity contribution >= 4 is 5.97 Å². The topological polar surface area (TPSA) is 42.1 Å². The molecule has 1 rings (SSSR count). The van der Waals surface area contributed by atoms with Gasteiger partial charge in [0.2, 0.25) is 0 Å². The van der Waals surface area contributed by atoms with Crippen molar-refractivity contribution in [2.45, 2.75) is 33.3 Å². The quantitative estimate of drug-likeness (QED) is 0.675. The second-order valence-corrected chi connectivity index (χ2v) is 4.06. The van der Waals surface area contributed by atoms with Gasteiger partial charge in [0, 0.05) is 5.69 Å². The Balaban J connectivity index is 2.70. The van der Waals surface area contributed by atoms with Gasteiger partial charge >= 0.3 is 5.97 Å². The Morgan fingerprint density at radius 3 is 2.38 bits per heavy atom. The number of ether oxygens (including phenoxy) is 1. The Labute approximate surface area is 78.1 Å². The predicted octanol–water partition coefficient (Wildman–Crippen LogP) is 2.28. The normalized spacial score (nSPS) is 11.4. The van der Waals surface area contributed by atoms with Gasteiger partial charge in [-0.05, 0) is 39.8 Å². The lowest BCUT2D eigenvalue weighted by molar-refractivity contribution is 0.00635. The number of aromatic nitrogens is 1. The van der Waals surface area contributed by atoms with Crippen molar-refractivity contribution in [1.29, 1.82) is 0 Å². The van der Waals surface area contributed by atoms with Crippen LogP contribution in [0.4, 0.5) is 0 Å². The molecule has 1 heterocycles. The Kier molecular flexibility index (Phi) is 2.45. The molecule has 0 spiro atoms. The number of nitrogens with one attached hydrogen (secondary N) is 1. The average Bonchev–Trinajstić information content (AvgIpc) is 2.31. The largest absolute Gasteiger partial charge is 0.455 e. The summed E-state index contributed by atoms with van der Waals surface area (Å²) in [5.41, 5.74) is 1.03. The Hall–Kier alpha value is -1.25. The zero-order valence-electron chi connectivity index (χ0n) is 8.47. The third-order valence-corrected chi connectivity index (χ3v) is 1.45. The Morgan fingerprint density at radius 1 is 1.38 bits per heavy atom. The van der Waals surface area contributed by atoms with Crippen molar-refractivity contribution in [3.63, 3.8) is 0 Å². The van der Waals surface area contributed by atoms with Gasteiger partial charge in [0.1, 0.15) is 11.3 Å². The molecule has 1 N–H and O–H groups in total. The summed E-state index contributed by atoms with van der Waals surface area (Å²) in [6.45, 7) is 7.44. The number of carbonyl (C=O) groups is 1. The van der Waals surface area contributed by atoms with E-state index in [-0.39, 0.29) is 5.97 Å². The van der Waals surface area contributed by atoms with E-state index in [0.29, 0.717) is 5.69 Å². The number of H-pyrrole nitrogens is 1. The van der Waals surface area contributed by atoms with Gasteiger partial charge in [0.05, 0.1) is 0 Å². The third-order valence-electron chi connectivity index (χ3n) is 1.45. The molecule has 3 nitrogen and oxygen atoms in total. The Morgan fingerprint density at radius 2 is 2.00 bits per heavy atom. The van der Waals surface area contributed by atoms with Gasteiger partial charge in [0.25, 0.3) is 0 Å². The monoisotopic (exact) mass is 181 g/mol. The average molecular weight is 181 g/mol. The molecule has 72 valence electrons. The van der Waals surface area contributed by atoms with E-state index in [1.165, 1.54) is 0 Å². The van der Waals surface area contributed by atoms with E-state index in [9.17, 15) is 4.79 Å². The first-order valence-corrected chi connectivity index (χ1v) is 4.27. The first-order chi connectivity index (χ1) is 5.88.